The summed E-state index contributed by atoms with van der Waals surface area (Å²) in [5.41, 5.74) is 2.46. The van der Waals surface area contributed by atoms with E-state index in [4.69, 9.17) is 0 Å². The number of hydrogen-bond donors (Lipinski definition) is 2. The van der Waals surface area contributed by atoms with Crippen molar-refractivity contribution in [3.05, 3.63) is 54.4 Å². The number of nitrogens with one attached hydrogen (secondary N) is 2. The van der Waals surface area contributed by atoms with Gasteiger partial charge in [-0.2, -0.15) is 0 Å². The van der Waals surface area contributed by atoms with Crippen LogP contribution in [0.25, 0.3) is 11.0 Å². The smallest absolute Gasteiger partial charge is 0.255 e. The molecule has 0 unspecified atom stereocenters. The molecule has 2 N–H and O–H groups in total. The van der Waals surface area contributed by atoms with Crippen LogP contribution in [-0.2, 0) is 9.84 Å². The molecule has 0 aliphatic carbocycles. The van der Waals surface area contributed by atoms with Crippen LogP contribution in [-0.4, -0.2) is 30.5 Å². The van der Waals surface area contributed by atoms with Gasteiger partial charge in [-0.3, -0.25) is 4.79 Å². The molecule has 0 radical (unpaired) electrons. The number of sulfone groups is 1. The number of imidazole rings is 1. The third-order valence-electron chi connectivity index (χ3n) is 3.24. The van der Waals surface area contributed by atoms with Crippen molar-refractivity contribution in [2.45, 2.75) is 4.90 Å². The molecule has 0 atom stereocenters. The van der Waals surface area contributed by atoms with Crippen LogP contribution in [0.5, 0.6) is 0 Å². The summed E-state index contributed by atoms with van der Waals surface area (Å²) < 4.78 is 22.8. The standard InChI is InChI=1S/C15H13N3O3S/c1-22(20,21)11-7-5-10(6-8-11)15(19)18-13-4-2-3-12-14(13)17-9-16-12/h2-9H,1H3,(H,16,17)(H,18,19). The lowest BCUT2D eigenvalue weighted by molar-refractivity contribution is 0.102. The number of anilines is 1. The number of amides is 1. The number of fused-ring (bicyclic) bond motifs is 1. The fourth-order valence-electron chi connectivity index (χ4n) is 2.11. The van der Waals surface area contributed by atoms with Crippen molar-refractivity contribution in [2.24, 2.45) is 0 Å². The van der Waals surface area contributed by atoms with Gasteiger partial charge in [0.2, 0.25) is 0 Å². The zero-order valence-electron chi connectivity index (χ0n) is 11.7. The number of para-hydroxylation sites is 1. The molecule has 0 aliphatic rings. The Morgan fingerprint density at radius 3 is 2.55 bits per heavy atom. The zero-order chi connectivity index (χ0) is 15.7. The average Bonchev–Trinajstić information content (AvgIpc) is 2.96. The molecule has 0 aliphatic heterocycles. The maximum absolute atomic E-state index is 12.2. The van der Waals surface area contributed by atoms with E-state index in [9.17, 15) is 13.2 Å². The lowest BCUT2D eigenvalue weighted by Gasteiger charge is -2.06. The highest BCUT2D eigenvalue weighted by molar-refractivity contribution is 7.90. The fraction of sp³-hybridized carbons (Fsp3) is 0.0667. The van der Waals surface area contributed by atoms with E-state index >= 15 is 0 Å². The average molecular weight is 315 g/mol. The Balaban J connectivity index is 1.87. The fourth-order valence-corrected chi connectivity index (χ4v) is 2.74. The number of hydrogen-bond acceptors (Lipinski definition) is 4. The summed E-state index contributed by atoms with van der Waals surface area (Å²) in [6, 6.07) is 11.2. The first-order valence-electron chi connectivity index (χ1n) is 6.49. The molecule has 1 amide bonds. The van der Waals surface area contributed by atoms with Gasteiger partial charge in [0.1, 0.15) is 5.52 Å². The van der Waals surface area contributed by atoms with Crippen molar-refractivity contribution in [2.75, 3.05) is 11.6 Å². The maximum atomic E-state index is 12.2. The molecular weight excluding hydrogens is 302 g/mol. The predicted octanol–water partition coefficient (Wildman–Crippen LogP) is 2.22. The molecule has 1 aromatic heterocycles. The van der Waals surface area contributed by atoms with Crippen molar-refractivity contribution >= 4 is 32.5 Å². The molecular formula is C15H13N3O3S. The van der Waals surface area contributed by atoms with Crippen LogP contribution < -0.4 is 5.32 Å². The van der Waals surface area contributed by atoms with Crippen LogP contribution >= 0.6 is 0 Å². The number of H-pyrrole nitrogens is 1. The summed E-state index contributed by atoms with van der Waals surface area (Å²) in [5, 5.41) is 2.77. The number of carbonyl (C=O) groups excluding carboxylic acids is 1. The van der Waals surface area contributed by atoms with Gasteiger partial charge in [0.15, 0.2) is 9.84 Å². The molecule has 0 spiro atoms. The summed E-state index contributed by atoms with van der Waals surface area (Å²) in [6.07, 6.45) is 2.68. The second-order valence-corrected chi connectivity index (χ2v) is 6.87. The highest BCUT2D eigenvalue weighted by Gasteiger charge is 2.11. The van der Waals surface area contributed by atoms with Crippen molar-refractivity contribution in [1.82, 2.24) is 9.97 Å². The van der Waals surface area contributed by atoms with Crippen LogP contribution in [0.15, 0.2) is 53.7 Å². The van der Waals surface area contributed by atoms with Crippen LogP contribution in [0.2, 0.25) is 0 Å². The minimum absolute atomic E-state index is 0.179. The van der Waals surface area contributed by atoms with Gasteiger partial charge in [0.25, 0.3) is 5.91 Å². The third kappa shape index (κ3) is 2.71. The molecule has 0 saturated carbocycles. The Bertz CT molecular complexity index is 944. The molecule has 2 aromatic carbocycles. The first-order valence-corrected chi connectivity index (χ1v) is 8.38. The monoisotopic (exact) mass is 315 g/mol. The molecule has 112 valence electrons. The number of nitrogens with zero attached hydrogens (tertiary/aromatic N) is 1. The molecule has 7 heteroatoms. The van der Waals surface area contributed by atoms with Crippen molar-refractivity contribution in [3.63, 3.8) is 0 Å². The second kappa shape index (κ2) is 5.27. The van der Waals surface area contributed by atoms with Gasteiger partial charge in [-0.15, -0.1) is 0 Å². The normalized spacial score (nSPS) is 11.5. The Morgan fingerprint density at radius 2 is 1.86 bits per heavy atom. The van der Waals surface area contributed by atoms with Crippen molar-refractivity contribution in [1.29, 1.82) is 0 Å². The van der Waals surface area contributed by atoms with E-state index in [1.54, 1.807) is 12.4 Å². The van der Waals surface area contributed by atoms with E-state index < -0.39 is 9.84 Å². The molecule has 3 rings (SSSR count). The van der Waals surface area contributed by atoms with Crippen LogP contribution in [0.4, 0.5) is 5.69 Å². The topological polar surface area (TPSA) is 91.9 Å². The first-order chi connectivity index (χ1) is 10.4. The molecule has 0 fully saturated rings. The van der Waals surface area contributed by atoms with E-state index in [1.807, 2.05) is 12.1 Å². The molecule has 3 aromatic rings. The summed E-state index contributed by atoms with van der Waals surface area (Å²) >= 11 is 0. The van der Waals surface area contributed by atoms with E-state index in [1.165, 1.54) is 24.3 Å². The third-order valence-corrected chi connectivity index (χ3v) is 4.37. The highest BCUT2D eigenvalue weighted by atomic mass is 32.2. The van der Waals surface area contributed by atoms with Crippen LogP contribution in [0.1, 0.15) is 10.4 Å². The van der Waals surface area contributed by atoms with Gasteiger partial charge in [0.05, 0.1) is 22.4 Å². The molecule has 0 bridgehead atoms. The van der Waals surface area contributed by atoms with Gasteiger partial charge in [0, 0.05) is 11.8 Å². The quantitative estimate of drug-likeness (QED) is 0.775. The Hall–Kier alpha value is -2.67. The summed E-state index contributed by atoms with van der Waals surface area (Å²) in [4.78, 5) is 19.6. The van der Waals surface area contributed by atoms with E-state index in [-0.39, 0.29) is 10.8 Å². The van der Waals surface area contributed by atoms with Crippen molar-refractivity contribution in [3.8, 4) is 0 Å². The Labute approximate surface area is 127 Å². The van der Waals surface area contributed by atoms with E-state index in [0.717, 1.165) is 11.8 Å². The van der Waals surface area contributed by atoms with Crippen LogP contribution in [0, 0.1) is 0 Å². The minimum atomic E-state index is -3.27. The van der Waals surface area contributed by atoms with Gasteiger partial charge in [-0.05, 0) is 36.4 Å². The Kier molecular flexibility index (Phi) is 3.42. The van der Waals surface area contributed by atoms with Gasteiger partial charge in [-0.25, -0.2) is 13.4 Å². The zero-order valence-corrected chi connectivity index (χ0v) is 12.5. The highest BCUT2D eigenvalue weighted by Crippen LogP contribution is 2.20. The number of aromatic amines is 1. The predicted molar refractivity (Wildman–Crippen MR) is 83.6 cm³/mol. The van der Waals surface area contributed by atoms with Gasteiger partial charge < -0.3 is 10.3 Å². The summed E-state index contributed by atoms with van der Waals surface area (Å²) in [5.74, 6) is -0.324. The molecule has 0 saturated heterocycles. The first kappa shape index (κ1) is 14.3. The van der Waals surface area contributed by atoms with E-state index in [2.05, 4.69) is 15.3 Å². The number of rotatable bonds is 3. The number of benzene rings is 2. The van der Waals surface area contributed by atoms with Gasteiger partial charge in [-0.1, -0.05) is 6.07 Å². The maximum Gasteiger partial charge on any atom is 0.255 e. The minimum Gasteiger partial charge on any atom is -0.345 e. The lowest BCUT2D eigenvalue weighted by Crippen LogP contribution is -2.12. The largest absolute Gasteiger partial charge is 0.345 e. The SMILES string of the molecule is CS(=O)(=O)c1ccc(C(=O)Nc2cccc3[nH]cnc23)cc1. The number of aromatic nitrogens is 2. The molecule has 22 heavy (non-hydrogen) atoms. The summed E-state index contributed by atoms with van der Waals surface area (Å²) in [6.45, 7) is 0. The van der Waals surface area contributed by atoms with E-state index in [0.29, 0.717) is 16.8 Å². The number of carbonyl (C=O) groups is 1. The summed E-state index contributed by atoms with van der Waals surface area (Å²) in [7, 11) is -3.27. The van der Waals surface area contributed by atoms with Crippen molar-refractivity contribution < 1.29 is 13.2 Å². The molecule has 6 nitrogen and oxygen atoms in total. The Morgan fingerprint density at radius 1 is 1.14 bits per heavy atom. The molecule has 1 heterocycles. The second-order valence-electron chi connectivity index (χ2n) is 4.85. The van der Waals surface area contributed by atoms with Gasteiger partial charge >= 0.3 is 0 Å². The lowest BCUT2D eigenvalue weighted by atomic mass is 10.2. The van der Waals surface area contributed by atoms with Crippen LogP contribution in [0.3, 0.4) is 0 Å².